The lowest BCUT2D eigenvalue weighted by molar-refractivity contribution is 0.393. The van der Waals surface area contributed by atoms with Gasteiger partial charge in [-0.25, -0.2) is 0 Å². The van der Waals surface area contributed by atoms with E-state index in [9.17, 15) is 0 Å². The van der Waals surface area contributed by atoms with Gasteiger partial charge in [-0.3, -0.25) is 0 Å². The minimum absolute atomic E-state index is 1.02. The summed E-state index contributed by atoms with van der Waals surface area (Å²) in [5.74, 6) is 1.02. The van der Waals surface area contributed by atoms with Gasteiger partial charge in [-0.2, -0.15) is 0 Å². The highest BCUT2D eigenvalue weighted by Gasteiger charge is 2.05. The van der Waals surface area contributed by atoms with Crippen molar-refractivity contribution < 1.29 is 0 Å². The predicted octanol–water partition coefficient (Wildman–Crippen LogP) is 11.2. The molecule has 1 atom stereocenters. The molecule has 0 saturated carbocycles. The van der Waals surface area contributed by atoms with Gasteiger partial charge in [0, 0.05) is 0 Å². The Morgan fingerprint density at radius 3 is 1.24 bits per heavy atom. The second-order valence-corrected chi connectivity index (χ2v) is 9.57. The van der Waals surface area contributed by atoms with Crippen molar-refractivity contribution in [2.75, 3.05) is 0 Å². The average Bonchev–Trinajstić information content (AvgIpc) is 2.74. The van der Waals surface area contributed by atoms with E-state index in [-0.39, 0.29) is 0 Å². The fourth-order valence-electron chi connectivity index (χ4n) is 4.57. The minimum Gasteiger partial charge on any atom is -0.0917 e. The highest BCUT2D eigenvalue weighted by Crippen LogP contribution is 2.21. The van der Waals surface area contributed by atoms with Crippen molar-refractivity contribution in [1.82, 2.24) is 0 Å². The maximum Gasteiger partial charge on any atom is -0.0351 e. The van der Waals surface area contributed by atoms with E-state index in [0.29, 0.717) is 0 Å². The third-order valence-corrected chi connectivity index (χ3v) is 6.76. The predicted molar refractivity (Wildman–Crippen MR) is 136 cm³/mol. The molecule has 0 aliphatic carbocycles. The van der Waals surface area contributed by atoms with Crippen molar-refractivity contribution in [2.45, 2.75) is 168 Å². The smallest absolute Gasteiger partial charge is 0.0351 e. The molecule has 0 heterocycles. The van der Waals surface area contributed by atoms with E-state index < -0.39 is 0 Å². The molecular formula is C29H58. The Balaban J connectivity index is 3.17. The summed E-state index contributed by atoms with van der Waals surface area (Å²) < 4.78 is 0. The van der Waals surface area contributed by atoms with Crippen LogP contribution in [0.5, 0.6) is 0 Å². The van der Waals surface area contributed by atoms with Gasteiger partial charge in [-0.05, 0) is 25.7 Å². The Bertz CT molecular complexity index is 303. The first-order valence-corrected chi connectivity index (χ1v) is 14.0. The second kappa shape index (κ2) is 25.8. The molecule has 0 aliphatic heterocycles. The Kier molecular flexibility index (Phi) is 25.5. The molecule has 174 valence electrons. The maximum absolute atomic E-state index is 2.40. The Morgan fingerprint density at radius 1 is 0.483 bits per heavy atom. The van der Waals surface area contributed by atoms with Gasteiger partial charge >= 0.3 is 0 Å². The van der Waals surface area contributed by atoms with Crippen LogP contribution < -0.4 is 0 Å². The van der Waals surface area contributed by atoms with Gasteiger partial charge in [-0.15, -0.1) is 0 Å². The summed E-state index contributed by atoms with van der Waals surface area (Å²) in [7, 11) is 0. The quantitative estimate of drug-likeness (QED) is 0.110. The normalized spacial score (nSPS) is 12.8. The summed E-state index contributed by atoms with van der Waals surface area (Å²) in [4.78, 5) is 0. The zero-order chi connectivity index (χ0) is 21.3. The topological polar surface area (TPSA) is 0 Å². The third kappa shape index (κ3) is 23.9. The lowest BCUT2D eigenvalue weighted by atomic mass is 9.92. The number of hydrogen-bond donors (Lipinski definition) is 0. The van der Waals surface area contributed by atoms with Gasteiger partial charge in [0.1, 0.15) is 0 Å². The van der Waals surface area contributed by atoms with Crippen LogP contribution in [0.25, 0.3) is 0 Å². The number of hydrogen-bond acceptors (Lipinski definition) is 0. The van der Waals surface area contributed by atoms with Crippen LogP contribution in [0.1, 0.15) is 168 Å². The Hall–Kier alpha value is -0.260. The van der Waals surface area contributed by atoms with Crippen molar-refractivity contribution in [2.24, 2.45) is 5.92 Å². The molecule has 0 spiro atoms. The molecule has 0 nitrogen and oxygen atoms in total. The summed E-state index contributed by atoms with van der Waals surface area (Å²) in [6.07, 6.45) is 38.0. The molecule has 0 amide bonds. The van der Waals surface area contributed by atoms with Gasteiger partial charge < -0.3 is 0 Å². The lowest BCUT2D eigenvalue weighted by Crippen LogP contribution is -1.99. The third-order valence-electron chi connectivity index (χ3n) is 6.76. The summed E-state index contributed by atoms with van der Waals surface area (Å²) in [6, 6.07) is 0. The first-order valence-electron chi connectivity index (χ1n) is 14.0. The Labute approximate surface area is 186 Å². The molecule has 29 heavy (non-hydrogen) atoms. The van der Waals surface area contributed by atoms with E-state index >= 15 is 0 Å². The van der Waals surface area contributed by atoms with Crippen LogP contribution in [-0.4, -0.2) is 0 Å². The van der Waals surface area contributed by atoms with Crippen molar-refractivity contribution >= 4 is 0 Å². The minimum atomic E-state index is 1.02. The second-order valence-electron chi connectivity index (χ2n) is 9.57. The SMILES string of the molecule is CC=CCCCCCCCCCCCCCCCCCC(CC)CCCCCC. The van der Waals surface area contributed by atoms with Crippen molar-refractivity contribution in [3.8, 4) is 0 Å². The number of allylic oxidation sites excluding steroid dienone is 2. The van der Waals surface area contributed by atoms with Crippen molar-refractivity contribution in [1.29, 1.82) is 0 Å². The molecule has 0 bridgehead atoms. The van der Waals surface area contributed by atoms with E-state index in [1.54, 1.807) is 0 Å². The summed E-state index contributed by atoms with van der Waals surface area (Å²) in [5, 5.41) is 0. The van der Waals surface area contributed by atoms with Crippen LogP contribution in [0.4, 0.5) is 0 Å². The van der Waals surface area contributed by atoms with Crippen LogP contribution in [-0.2, 0) is 0 Å². The van der Waals surface area contributed by atoms with Crippen LogP contribution in [0.2, 0.25) is 0 Å². The molecule has 1 unspecified atom stereocenters. The van der Waals surface area contributed by atoms with Crippen LogP contribution in [0.3, 0.4) is 0 Å². The Morgan fingerprint density at radius 2 is 0.862 bits per heavy atom. The van der Waals surface area contributed by atoms with Crippen molar-refractivity contribution in [3.05, 3.63) is 12.2 Å². The van der Waals surface area contributed by atoms with Gasteiger partial charge in [0.05, 0.1) is 0 Å². The molecule has 0 aromatic rings. The standard InChI is InChI=1S/C29H58/c1-4-7-9-11-12-13-14-15-16-17-18-19-20-21-22-23-24-26-28-29(6-3)27-25-10-8-5-2/h4,7,29H,5-6,8-28H2,1-3H3. The molecule has 0 rings (SSSR count). The van der Waals surface area contributed by atoms with E-state index in [0.717, 1.165) is 5.92 Å². The first kappa shape index (κ1) is 28.7. The molecule has 0 aromatic heterocycles. The van der Waals surface area contributed by atoms with Gasteiger partial charge in [-0.1, -0.05) is 161 Å². The molecule has 0 fully saturated rings. The highest BCUT2D eigenvalue weighted by atomic mass is 14.1. The van der Waals surface area contributed by atoms with E-state index in [1.165, 1.54) is 148 Å². The molecular weight excluding hydrogens is 348 g/mol. The fraction of sp³-hybridized carbons (Fsp3) is 0.931. The monoisotopic (exact) mass is 406 g/mol. The highest BCUT2D eigenvalue weighted by molar-refractivity contribution is 4.76. The van der Waals surface area contributed by atoms with Gasteiger partial charge in [0.2, 0.25) is 0 Å². The molecule has 0 N–H and O–H groups in total. The zero-order valence-corrected chi connectivity index (χ0v) is 21.0. The van der Waals surface area contributed by atoms with Crippen LogP contribution >= 0.6 is 0 Å². The summed E-state index contributed by atoms with van der Waals surface area (Å²) in [5.41, 5.74) is 0. The van der Waals surface area contributed by atoms with E-state index in [4.69, 9.17) is 0 Å². The molecule has 0 heteroatoms. The number of rotatable bonds is 24. The maximum atomic E-state index is 2.40. The van der Waals surface area contributed by atoms with Gasteiger partial charge in [0.25, 0.3) is 0 Å². The van der Waals surface area contributed by atoms with Crippen LogP contribution in [0, 0.1) is 5.92 Å². The fourth-order valence-corrected chi connectivity index (χ4v) is 4.57. The van der Waals surface area contributed by atoms with E-state index in [1.807, 2.05) is 0 Å². The molecule has 0 saturated heterocycles. The van der Waals surface area contributed by atoms with Gasteiger partial charge in [0.15, 0.2) is 0 Å². The zero-order valence-electron chi connectivity index (χ0n) is 21.0. The summed E-state index contributed by atoms with van der Waals surface area (Å²) >= 11 is 0. The lowest BCUT2D eigenvalue weighted by Gasteiger charge is -2.14. The van der Waals surface area contributed by atoms with Crippen LogP contribution in [0.15, 0.2) is 12.2 Å². The molecule has 0 aliphatic rings. The summed E-state index contributed by atoms with van der Waals surface area (Å²) in [6.45, 7) is 6.84. The average molecular weight is 407 g/mol. The molecule has 0 aromatic carbocycles. The number of unbranched alkanes of at least 4 members (excludes halogenated alkanes) is 18. The molecule has 0 radical (unpaired) electrons. The largest absolute Gasteiger partial charge is 0.0917 e. The van der Waals surface area contributed by atoms with E-state index in [2.05, 4.69) is 32.9 Å². The first-order chi connectivity index (χ1) is 14.3. The van der Waals surface area contributed by atoms with Crippen molar-refractivity contribution in [3.63, 3.8) is 0 Å².